The number of piperidine rings is 1. The topological polar surface area (TPSA) is 60.2 Å². The van der Waals surface area contributed by atoms with Crippen molar-refractivity contribution in [2.24, 2.45) is 0 Å². The van der Waals surface area contributed by atoms with Crippen LogP contribution in [0, 0.1) is 0 Å². The summed E-state index contributed by atoms with van der Waals surface area (Å²) < 4.78 is 51.2. The lowest BCUT2D eigenvalue weighted by Gasteiger charge is -2.36. The molecule has 2 saturated heterocycles. The lowest BCUT2D eigenvalue weighted by molar-refractivity contribution is -0.200. The van der Waals surface area contributed by atoms with E-state index in [0.29, 0.717) is 26.1 Å². The molecule has 1 aromatic rings. The molecular weight excluding hydrogens is 287 g/mol. The Hall–Kier alpha value is -1.15. The van der Waals surface area contributed by atoms with Gasteiger partial charge < -0.3 is 14.6 Å². The zero-order chi connectivity index (χ0) is 14.9. The van der Waals surface area contributed by atoms with Crippen LogP contribution in [0.2, 0.25) is 0 Å². The fraction of sp³-hybridized carbons (Fsp3) is 0.846. The van der Waals surface area contributed by atoms with Crippen LogP contribution in [0.5, 0.6) is 0 Å². The lowest BCUT2D eigenvalue weighted by atomic mass is 9.77. The minimum Gasteiger partial charge on any atom is -0.368 e. The van der Waals surface area contributed by atoms with Crippen LogP contribution in [0.15, 0.2) is 4.52 Å². The summed E-state index contributed by atoms with van der Waals surface area (Å²) >= 11 is 0. The Kier molecular flexibility index (Phi) is 3.92. The monoisotopic (exact) mass is 305 g/mol. The van der Waals surface area contributed by atoms with Gasteiger partial charge in [0.2, 0.25) is 0 Å². The molecule has 118 valence electrons. The summed E-state index contributed by atoms with van der Waals surface area (Å²) in [7, 11) is 0. The summed E-state index contributed by atoms with van der Waals surface area (Å²) in [6.07, 6.45) is -2.27. The van der Waals surface area contributed by atoms with E-state index in [1.165, 1.54) is 0 Å². The smallest absolute Gasteiger partial charge is 0.368 e. The fourth-order valence-electron chi connectivity index (χ4n) is 2.98. The van der Waals surface area contributed by atoms with Crippen molar-refractivity contribution in [2.75, 3.05) is 19.7 Å². The molecule has 0 bridgehead atoms. The number of rotatable bonds is 2. The predicted octanol–water partition coefficient (Wildman–Crippen LogP) is 2.49. The van der Waals surface area contributed by atoms with Gasteiger partial charge >= 0.3 is 6.18 Å². The van der Waals surface area contributed by atoms with E-state index >= 15 is 0 Å². The van der Waals surface area contributed by atoms with Crippen molar-refractivity contribution < 1.29 is 22.4 Å². The standard InChI is InChI=1S/C13H18F3N3O2/c14-13(15,16)12(4-6-17-7-5-12)11-18-10(21-19-11)9-3-1-2-8-20-9/h9,17H,1-8H2. The Morgan fingerprint density at radius 3 is 2.57 bits per heavy atom. The van der Waals surface area contributed by atoms with Crippen molar-refractivity contribution in [2.45, 2.75) is 49.8 Å². The van der Waals surface area contributed by atoms with Gasteiger partial charge in [-0.3, -0.25) is 0 Å². The summed E-state index contributed by atoms with van der Waals surface area (Å²) in [5.74, 6) is -0.0764. The highest BCUT2D eigenvalue weighted by atomic mass is 19.4. The molecule has 1 atom stereocenters. The largest absolute Gasteiger partial charge is 0.401 e. The normalized spacial score (nSPS) is 26.7. The van der Waals surface area contributed by atoms with Crippen molar-refractivity contribution in [3.63, 3.8) is 0 Å². The molecule has 2 fully saturated rings. The molecule has 1 unspecified atom stereocenters. The second-order valence-electron chi connectivity index (χ2n) is 5.64. The summed E-state index contributed by atoms with van der Waals surface area (Å²) in [5, 5.41) is 6.58. The Labute approximate surface area is 120 Å². The average Bonchev–Trinajstić information content (AvgIpc) is 2.98. The first-order chi connectivity index (χ1) is 10.0. The highest BCUT2D eigenvalue weighted by Crippen LogP contribution is 2.46. The molecule has 2 aliphatic rings. The third-order valence-electron chi connectivity index (χ3n) is 4.32. The van der Waals surface area contributed by atoms with Gasteiger partial charge in [-0.1, -0.05) is 5.16 Å². The van der Waals surface area contributed by atoms with Crippen molar-refractivity contribution >= 4 is 0 Å². The maximum Gasteiger partial charge on any atom is 0.401 e. The van der Waals surface area contributed by atoms with E-state index in [1.54, 1.807) is 0 Å². The Balaban J connectivity index is 1.88. The number of hydrogen-bond donors (Lipinski definition) is 1. The molecule has 0 aromatic carbocycles. The van der Waals surface area contributed by atoms with Crippen molar-refractivity contribution in [3.8, 4) is 0 Å². The molecule has 1 aromatic heterocycles. The van der Waals surface area contributed by atoms with Gasteiger partial charge in [-0.15, -0.1) is 0 Å². The Morgan fingerprint density at radius 1 is 1.19 bits per heavy atom. The first kappa shape index (κ1) is 14.8. The first-order valence-electron chi connectivity index (χ1n) is 7.26. The van der Waals surface area contributed by atoms with E-state index in [-0.39, 0.29) is 30.7 Å². The van der Waals surface area contributed by atoms with Crippen LogP contribution in [0.3, 0.4) is 0 Å². The number of ether oxygens (including phenoxy) is 1. The maximum absolute atomic E-state index is 13.6. The summed E-state index contributed by atoms with van der Waals surface area (Å²) in [6.45, 7) is 1.17. The van der Waals surface area contributed by atoms with Gasteiger partial charge in [-0.2, -0.15) is 18.2 Å². The van der Waals surface area contributed by atoms with E-state index in [9.17, 15) is 13.2 Å². The minimum absolute atomic E-state index is 0.0685. The van der Waals surface area contributed by atoms with E-state index in [4.69, 9.17) is 9.26 Å². The summed E-state index contributed by atoms with van der Waals surface area (Å²) in [5.41, 5.74) is -2.01. The van der Waals surface area contributed by atoms with E-state index in [1.807, 2.05) is 0 Å². The Bertz CT molecular complexity index is 477. The van der Waals surface area contributed by atoms with Crippen LogP contribution in [0.1, 0.15) is 49.9 Å². The van der Waals surface area contributed by atoms with E-state index in [2.05, 4.69) is 15.5 Å². The molecule has 0 radical (unpaired) electrons. The van der Waals surface area contributed by atoms with Crippen LogP contribution in [0.25, 0.3) is 0 Å². The van der Waals surface area contributed by atoms with Gasteiger partial charge in [-0.25, -0.2) is 0 Å². The quantitative estimate of drug-likeness (QED) is 0.909. The number of hydrogen-bond acceptors (Lipinski definition) is 5. The highest BCUT2D eigenvalue weighted by molar-refractivity contribution is 5.14. The second kappa shape index (κ2) is 5.57. The van der Waals surface area contributed by atoms with Crippen molar-refractivity contribution in [1.82, 2.24) is 15.5 Å². The maximum atomic E-state index is 13.6. The SMILES string of the molecule is FC(F)(F)C1(c2noc(C3CCCCO3)n2)CCNCC1. The van der Waals surface area contributed by atoms with Crippen LogP contribution in [0.4, 0.5) is 13.2 Å². The molecule has 1 N–H and O–H groups in total. The molecule has 0 amide bonds. The van der Waals surface area contributed by atoms with Gasteiger partial charge in [-0.05, 0) is 45.2 Å². The first-order valence-corrected chi connectivity index (χ1v) is 7.26. The lowest BCUT2D eigenvalue weighted by Crippen LogP contribution is -2.50. The summed E-state index contributed by atoms with van der Waals surface area (Å²) in [4.78, 5) is 4.05. The van der Waals surface area contributed by atoms with Crippen LogP contribution in [-0.4, -0.2) is 36.0 Å². The van der Waals surface area contributed by atoms with E-state index in [0.717, 1.165) is 12.8 Å². The molecule has 21 heavy (non-hydrogen) atoms. The van der Waals surface area contributed by atoms with Gasteiger partial charge in [0.1, 0.15) is 11.5 Å². The van der Waals surface area contributed by atoms with Crippen molar-refractivity contribution in [3.05, 3.63) is 11.7 Å². The minimum atomic E-state index is -4.39. The molecule has 0 spiro atoms. The highest BCUT2D eigenvalue weighted by Gasteiger charge is 2.59. The zero-order valence-electron chi connectivity index (χ0n) is 11.6. The second-order valence-corrected chi connectivity index (χ2v) is 5.64. The fourth-order valence-corrected chi connectivity index (χ4v) is 2.98. The number of aromatic nitrogens is 2. The molecular formula is C13H18F3N3O2. The number of nitrogens with zero attached hydrogens (tertiary/aromatic N) is 2. The van der Waals surface area contributed by atoms with E-state index < -0.39 is 11.6 Å². The van der Waals surface area contributed by atoms with Crippen LogP contribution in [-0.2, 0) is 10.2 Å². The zero-order valence-corrected chi connectivity index (χ0v) is 11.6. The number of nitrogens with one attached hydrogen (secondary N) is 1. The summed E-state index contributed by atoms with van der Waals surface area (Å²) in [6, 6.07) is 0. The van der Waals surface area contributed by atoms with Crippen molar-refractivity contribution in [1.29, 1.82) is 0 Å². The number of alkyl halides is 3. The number of halogens is 3. The van der Waals surface area contributed by atoms with Gasteiger partial charge in [0.15, 0.2) is 5.82 Å². The third-order valence-corrected chi connectivity index (χ3v) is 4.32. The molecule has 3 heterocycles. The van der Waals surface area contributed by atoms with Gasteiger partial charge in [0.25, 0.3) is 5.89 Å². The van der Waals surface area contributed by atoms with Crippen LogP contribution < -0.4 is 5.32 Å². The molecule has 5 nitrogen and oxygen atoms in total. The molecule has 3 rings (SSSR count). The third kappa shape index (κ3) is 2.66. The molecule has 2 aliphatic heterocycles. The Morgan fingerprint density at radius 2 is 1.95 bits per heavy atom. The predicted molar refractivity (Wildman–Crippen MR) is 66.7 cm³/mol. The van der Waals surface area contributed by atoms with Crippen LogP contribution >= 0.6 is 0 Å². The van der Waals surface area contributed by atoms with Gasteiger partial charge in [0.05, 0.1) is 0 Å². The molecule has 0 saturated carbocycles. The molecule has 0 aliphatic carbocycles. The average molecular weight is 305 g/mol. The molecule has 8 heteroatoms. The van der Waals surface area contributed by atoms with Gasteiger partial charge in [0, 0.05) is 6.61 Å².